The molecule has 1 heterocycles. The maximum Gasteiger partial charge on any atom is 0.161 e. The van der Waals surface area contributed by atoms with E-state index in [2.05, 4.69) is 37.1 Å². The van der Waals surface area contributed by atoms with Gasteiger partial charge in [-0.15, -0.1) is 0 Å². The van der Waals surface area contributed by atoms with Gasteiger partial charge in [-0.1, -0.05) is 13.0 Å². The molecule has 3 aliphatic carbocycles. The van der Waals surface area contributed by atoms with Crippen LogP contribution >= 0.6 is 0 Å². The first-order chi connectivity index (χ1) is 12.0. The standard InChI is InChI=1S/C21H31NO3/c1-13-5-6-14-11-16(23)19(13)20-21(14,9-10-22(20)2)15-7-8-17(24-3)18(12-15)25-4/h7-8,12-14,16,19-20,23H,5-6,9-11H2,1-4H3/t13-,14-,16-,19+,20+,21-/m1/s1. The quantitative estimate of drug-likeness (QED) is 0.914. The molecule has 4 heteroatoms. The summed E-state index contributed by atoms with van der Waals surface area (Å²) in [6.07, 6.45) is 4.39. The first kappa shape index (κ1) is 17.2. The van der Waals surface area contributed by atoms with Crippen LogP contribution in [0.4, 0.5) is 0 Å². The molecule has 25 heavy (non-hydrogen) atoms. The fraction of sp³-hybridized carbons (Fsp3) is 0.714. The number of hydrogen-bond donors (Lipinski definition) is 1. The molecule has 0 radical (unpaired) electrons. The summed E-state index contributed by atoms with van der Waals surface area (Å²) >= 11 is 0. The van der Waals surface area contributed by atoms with Gasteiger partial charge in [0, 0.05) is 17.4 Å². The van der Waals surface area contributed by atoms with Gasteiger partial charge in [-0.05, 0) is 68.8 Å². The van der Waals surface area contributed by atoms with E-state index < -0.39 is 0 Å². The van der Waals surface area contributed by atoms with Crippen molar-refractivity contribution < 1.29 is 14.6 Å². The molecule has 0 spiro atoms. The summed E-state index contributed by atoms with van der Waals surface area (Å²) in [6.45, 7) is 3.44. The number of likely N-dealkylation sites (tertiary alicyclic amines) is 1. The molecule has 4 nitrogen and oxygen atoms in total. The van der Waals surface area contributed by atoms with E-state index in [0.29, 0.717) is 23.8 Å². The van der Waals surface area contributed by atoms with E-state index >= 15 is 0 Å². The Bertz CT molecular complexity index is 644. The van der Waals surface area contributed by atoms with Crippen LogP contribution in [0.5, 0.6) is 11.5 Å². The van der Waals surface area contributed by atoms with Crippen molar-refractivity contribution in [2.24, 2.45) is 17.8 Å². The summed E-state index contributed by atoms with van der Waals surface area (Å²) in [4.78, 5) is 2.51. The van der Waals surface area contributed by atoms with Crippen molar-refractivity contribution in [2.45, 2.75) is 50.2 Å². The number of nitrogens with zero attached hydrogens (tertiary/aromatic N) is 1. The van der Waals surface area contributed by atoms with Gasteiger partial charge >= 0.3 is 0 Å². The Balaban J connectivity index is 1.86. The highest BCUT2D eigenvalue weighted by molar-refractivity contribution is 5.47. The zero-order valence-electron chi connectivity index (χ0n) is 15.9. The van der Waals surface area contributed by atoms with Crippen molar-refractivity contribution >= 4 is 0 Å². The monoisotopic (exact) mass is 345 g/mol. The van der Waals surface area contributed by atoms with E-state index in [1.54, 1.807) is 14.2 Å². The van der Waals surface area contributed by atoms with Crippen molar-refractivity contribution in [3.05, 3.63) is 23.8 Å². The second-order valence-corrected chi connectivity index (χ2v) is 8.42. The zero-order valence-corrected chi connectivity index (χ0v) is 15.9. The molecule has 138 valence electrons. The fourth-order valence-corrected chi connectivity index (χ4v) is 6.39. The minimum atomic E-state index is -0.165. The second kappa shape index (κ2) is 6.17. The molecule has 0 unspecified atom stereocenters. The van der Waals surface area contributed by atoms with E-state index in [-0.39, 0.29) is 11.5 Å². The third kappa shape index (κ3) is 2.33. The molecule has 4 aliphatic rings. The second-order valence-electron chi connectivity index (χ2n) is 8.42. The maximum absolute atomic E-state index is 10.9. The molecule has 1 aliphatic heterocycles. The topological polar surface area (TPSA) is 41.9 Å². The Morgan fingerprint density at radius 2 is 1.92 bits per heavy atom. The van der Waals surface area contributed by atoms with Crippen molar-refractivity contribution in [2.75, 3.05) is 27.8 Å². The smallest absolute Gasteiger partial charge is 0.161 e. The molecule has 0 amide bonds. The van der Waals surface area contributed by atoms with Crippen LogP contribution in [0.25, 0.3) is 0 Å². The van der Waals surface area contributed by atoms with E-state index in [1.807, 2.05) is 0 Å². The fourth-order valence-electron chi connectivity index (χ4n) is 6.39. The lowest BCUT2D eigenvalue weighted by molar-refractivity contribution is -0.0407. The van der Waals surface area contributed by atoms with Gasteiger partial charge in [0.05, 0.1) is 20.3 Å². The summed E-state index contributed by atoms with van der Waals surface area (Å²) in [5, 5.41) is 10.9. The molecule has 5 rings (SSSR count). The number of aliphatic hydroxyl groups is 1. The first-order valence-electron chi connectivity index (χ1n) is 9.63. The number of rotatable bonds is 3. The SMILES string of the molecule is COc1ccc([C@]23CCN(C)[C@H]2[C@H]2[C@H](C)CC[C@@H]3C[C@H]2O)cc1OC. The van der Waals surface area contributed by atoms with Gasteiger partial charge < -0.3 is 19.5 Å². The first-order valence-corrected chi connectivity index (χ1v) is 9.63. The van der Waals surface area contributed by atoms with Crippen LogP contribution in [0, 0.1) is 17.8 Å². The van der Waals surface area contributed by atoms with Crippen LogP contribution in [0.15, 0.2) is 18.2 Å². The number of methoxy groups -OCH3 is 2. The largest absolute Gasteiger partial charge is 0.493 e. The number of hydrogen-bond acceptors (Lipinski definition) is 4. The summed E-state index contributed by atoms with van der Waals surface area (Å²) in [5.74, 6) is 3.08. The lowest BCUT2D eigenvalue weighted by Gasteiger charge is -2.52. The van der Waals surface area contributed by atoms with Gasteiger partial charge in [-0.3, -0.25) is 0 Å². The molecule has 3 saturated carbocycles. The Kier molecular flexibility index (Phi) is 4.24. The van der Waals surface area contributed by atoms with E-state index in [9.17, 15) is 5.11 Å². The minimum absolute atomic E-state index is 0.128. The molecule has 0 aromatic heterocycles. The van der Waals surface area contributed by atoms with Crippen molar-refractivity contribution in [3.8, 4) is 11.5 Å². The van der Waals surface area contributed by atoms with Crippen molar-refractivity contribution in [1.29, 1.82) is 0 Å². The summed E-state index contributed by atoms with van der Waals surface area (Å²) in [7, 11) is 5.64. The lowest BCUT2D eigenvalue weighted by atomic mass is 9.56. The molecule has 1 aromatic carbocycles. The minimum Gasteiger partial charge on any atom is -0.493 e. The van der Waals surface area contributed by atoms with Gasteiger partial charge in [0.1, 0.15) is 0 Å². The summed E-state index contributed by atoms with van der Waals surface area (Å²) in [6, 6.07) is 6.90. The number of benzene rings is 1. The molecule has 2 bridgehead atoms. The molecular weight excluding hydrogens is 314 g/mol. The molecule has 6 atom stereocenters. The normalized spacial score (nSPS) is 40.6. The highest BCUT2D eigenvalue weighted by atomic mass is 16.5. The molecule has 1 saturated heterocycles. The van der Waals surface area contributed by atoms with Gasteiger partial charge in [-0.25, -0.2) is 0 Å². The average Bonchev–Trinajstić information content (AvgIpc) is 2.83. The molecule has 4 fully saturated rings. The molecule has 1 N–H and O–H groups in total. The van der Waals surface area contributed by atoms with Crippen molar-refractivity contribution in [1.82, 2.24) is 4.90 Å². The molecular formula is C21H31NO3. The Hall–Kier alpha value is -1.26. The highest BCUT2D eigenvalue weighted by Gasteiger charge is 2.61. The lowest BCUT2D eigenvalue weighted by Crippen LogP contribution is -2.58. The van der Waals surface area contributed by atoms with Gasteiger partial charge in [0.15, 0.2) is 11.5 Å². The number of fused-ring (bicyclic) bond motifs is 3. The van der Waals surface area contributed by atoms with Crippen LogP contribution in [-0.4, -0.2) is 50.0 Å². The number of aliphatic hydroxyl groups excluding tert-OH is 1. The van der Waals surface area contributed by atoms with Gasteiger partial charge in [-0.2, -0.15) is 0 Å². The van der Waals surface area contributed by atoms with Crippen LogP contribution in [0.1, 0.15) is 38.2 Å². The third-order valence-electron chi connectivity index (χ3n) is 7.49. The summed E-state index contributed by atoms with van der Waals surface area (Å²) in [5.41, 5.74) is 1.50. The van der Waals surface area contributed by atoms with Gasteiger partial charge in [0.25, 0.3) is 0 Å². The third-order valence-corrected chi connectivity index (χ3v) is 7.49. The Morgan fingerprint density at radius 3 is 2.64 bits per heavy atom. The predicted octanol–water partition coefficient (Wildman–Crippen LogP) is 3.07. The van der Waals surface area contributed by atoms with Crippen molar-refractivity contribution in [3.63, 3.8) is 0 Å². The Morgan fingerprint density at radius 1 is 1.16 bits per heavy atom. The van der Waals surface area contributed by atoms with Crippen LogP contribution in [0.3, 0.4) is 0 Å². The maximum atomic E-state index is 10.9. The highest BCUT2D eigenvalue weighted by Crippen LogP contribution is 2.59. The number of ether oxygens (including phenoxy) is 2. The van der Waals surface area contributed by atoms with Gasteiger partial charge in [0.2, 0.25) is 0 Å². The average molecular weight is 345 g/mol. The zero-order chi connectivity index (χ0) is 17.8. The predicted molar refractivity (Wildman–Crippen MR) is 98.3 cm³/mol. The summed E-state index contributed by atoms with van der Waals surface area (Å²) < 4.78 is 11.1. The van der Waals surface area contributed by atoms with Crippen LogP contribution < -0.4 is 9.47 Å². The van der Waals surface area contributed by atoms with E-state index in [0.717, 1.165) is 24.5 Å². The van der Waals surface area contributed by atoms with E-state index in [1.165, 1.54) is 24.8 Å². The number of likely N-dealkylation sites (N-methyl/N-ethyl adjacent to an activating group) is 1. The Labute approximate surface area is 151 Å². The molecule has 1 aromatic rings. The van der Waals surface area contributed by atoms with Crippen LogP contribution in [-0.2, 0) is 5.41 Å². The van der Waals surface area contributed by atoms with E-state index in [4.69, 9.17) is 9.47 Å². The van der Waals surface area contributed by atoms with Crippen LogP contribution in [0.2, 0.25) is 0 Å².